The zero-order valence-corrected chi connectivity index (χ0v) is 17.6. The Bertz CT molecular complexity index is 391. The van der Waals surface area contributed by atoms with Gasteiger partial charge in [-0.05, 0) is 33.6 Å². The van der Waals surface area contributed by atoms with Gasteiger partial charge in [-0.2, -0.15) is 0 Å². The lowest BCUT2D eigenvalue weighted by atomic mass is 10.2. The van der Waals surface area contributed by atoms with Gasteiger partial charge in [0.2, 0.25) is 5.91 Å². The van der Waals surface area contributed by atoms with E-state index in [0.717, 1.165) is 6.42 Å². The third kappa shape index (κ3) is 21.1. The Morgan fingerprint density at radius 1 is 0.815 bits per heavy atom. The number of alkyl carbamates (subject to hydrolysis) is 1. The number of rotatable bonds is 16. The minimum Gasteiger partial charge on any atom is -0.444 e. The second-order valence-corrected chi connectivity index (χ2v) is 7.14. The molecule has 0 aliphatic carbocycles. The van der Waals surface area contributed by atoms with Crippen molar-refractivity contribution in [3.05, 3.63) is 0 Å². The summed E-state index contributed by atoms with van der Waals surface area (Å²) >= 11 is 5.46. The smallest absolute Gasteiger partial charge is 0.407 e. The summed E-state index contributed by atoms with van der Waals surface area (Å²) in [7, 11) is 0. The third-order valence-corrected chi connectivity index (χ3v) is 3.18. The fraction of sp³-hybridized carbons (Fsp3) is 0.889. The van der Waals surface area contributed by atoms with Crippen LogP contribution in [0.15, 0.2) is 0 Å². The molecule has 27 heavy (non-hydrogen) atoms. The molecule has 160 valence electrons. The van der Waals surface area contributed by atoms with Gasteiger partial charge in [0.1, 0.15) is 5.60 Å². The first kappa shape index (κ1) is 25.9. The van der Waals surface area contributed by atoms with Gasteiger partial charge in [-0.25, -0.2) is 4.79 Å². The second-order valence-electron chi connectivity index (χ2n) is 6.76. The molecule has 0 bridgehead atoms. The highest BCUT2D eigenvalue weighted by molar-refractivity contribution is 6.18. The van der Waals surface area contributed by atoms with Crippen molar-refractivity contribution in [2.24, 2.45) is 0 Å². The standard InChI is InChI=1S/C18H35ClN2O6/c1-18(2,3)27-17(23)21-9-5-11-25-13-15-26-14-12-24-10-4-8-20-16(22)6-7-19/h4-15H2,1-3H3,(H,20,22)(H,21,23). The van der Waals surface area contributed by atoms with Gasteiger partial charge in [0.15, 0.2) is 0 Å². The lowest BCUT2D eigenvalue weighted by molar-refractivity contribution is -0.120. The maximum atomic E-state index is 11.4. The predicted molar refractivity (Wildman–Crippen MR) is 104 cm³/mol. The molecule has 0 unspecified atom stereocenters. The summed E-state index contributed by atoms with van der Waals surface area (Å²) in [6.07, 6.45) is 1.40. The number of carbonyl (C=O) groups is 2. The molecule has 0 atom stereocenters. The summed E-state index contributed by atoms with van der Waals surface area (Å²) in [5.41, 5.74) is -0.484. The average molecular weight is 411 g/mol. The first-order valence-corrected chi connectivity index (χ1v) is 9.91. The Kier molecular flexibility index (Phi) is 16.4. The van der Waals surface area contributed by atoms with Crippen LogP contribution >= 0.6 is 11.6 Å². The van der Waals surface area contributed by atoms with E-state index >= 15 is 0 Å². The maximum absolute atomic E-state index is 11.4. The Balaban J connectivity index is 3.19. The summed E-state index contributed by atoms with van der Waals surface area (Å²) in [4.78, 5) is 22.6. The summed E-state index contributed by atoms with van der Waals surface area (Å²) in [6.45, 7) is 9.70. The normalized spacial score (nSPS) is 11.3. The molecule has 0 spiro atoms. The molecule has 0 radical (unpaired) electrons. The van der Waals surface area contributed by atoms with E-state index in [0.29, 0.717) is 71.5 Å². The van der Waals surface area contributed by atoms with Crippen LogP contribution in [-0.4, -0.2) is 76.2 Å². The molecular weight excluding hydrogens is 376 g/mol. The van der Waals surface area contributed by atoms with E-state index in [1.807, 2.05) is 20.8 Å². The van der Waals surface area contributed by atoms with Gasteiger partial charge in [-0.1, -0.05) is 0 Å². The number of ether oxygens (including phenoxy) is 4. The Morgan fingerprint density at radius 2 is 1.30 bits per heavy atom. The quantitative estimate of drug-likeness (QED) is 0.299. The maximum Gasteiger partial charge on any atom is 0.407 e. The number of nitrogens with one attached hydrogen (secondary N) is 2. The molecule has 0 aliphatic heterocycles. The van der Waals surface area contributed by atoms with Crippen LogP contribution in [0.1, 0.15) is 40.0 Å². The van der Waals surface area contributed by atoms with Crippen molar-refractivity contribution in [3.63, 3.8) is 0 Å². The number of amides is 2. The van der Waals surface area contributed by atoms with E-state index in [1.165, 1.54) is 0 Å². The minimum atomic E-state index is -0.484. The van der Waals surface area contributed by atoms with Crippen molar-refractivity contribution < 1.29 is 28.5 Å². The molecule has 0 heterocycles. The van der Waals surface area contributed by atoms with Gasteiger partial charge < -0.3 is 29.6 Å². The molecule has 0 aromatic rings. The van der Waals surface area contributed by atoms with E-state index in [1.54, 1.807) is 0 Å². The Hall–Kier alpha value is -1.09. The van der Waals surface area contributed by atoms with Crippen LogP contribution in [0.3, 0.4) is 0 Å². The van der Waals surface area contributed by atoms with Gasteiger partial charge >= 0.3 is 6.09 Å². The number of halogens is 1. The minimum absolute atomic E-state index is 0.0334. The van der Waals surface area contributed by atoms with E-state index in [9.17, 15) is 9.59 Å². The second kappa shape index (κ2) is 17.0. The molecule has 2 amide bonds. The molecule has 0 aromatic heterocycles. The topological polar surface area (TPSA) is 95.1 Å². The highest BCUT2D eigenvalue weighted by atomic mass is 35.5. The average Bonchev–Trinajstić information content (AvgIpc) is 2.57. The van der Waals surface area contributed by atoms with E-state index < -0.39 is 11.7 Å². The van der Waals surface area contributed by atoms with Crippen molar-refractivity contribution in [1.82, 2.24) is 10.6 Å². The zero-order chi connectivity index (χ0) is 20.4. The molecule has 0 rings (SSSR count). The molecule has 2 N–H and O–H groups in total. The molecule has 8 nitrogen and oxygen atoms in total. The van der Waals surface area contributed by atoms with Crippen LogP contribution in [0.5, 0.6) is 0 Å². The van der Waals surface area contributed by atoms with Crippen molar-refractivity contribution in [3.8, 4) is 0 Å². The molecular formula is C18H35ClN2O6. The summed E-state index contributed by atoms with van der Waals surface area (Å²) < 4.78 is 21.3. The van der Waals surface area contributed by atoms with Crippen molar-refractivity contribution >= 4 is 23.6 Å². The van der Waals surface area contributed by atoms with Crippen LogP contribution in [0.2, 0.25) is 0 Å². The molecule has 0 aliphatic rings. The first-order chi connectivity index (χ1) is 12.8. The van der Waals surface area contributed by atoms with Gasteiger partial charge in [-0.15, -0.1) is 11.6 Å². The van der Waals surface area contributed by atoms with Crippen molar-refractivity contribution in [2.45, 2.75) is 45.6 Å². The van der Waals surface area contributed by atoms with E-state index in [-0.39, 0.29) is 5.91 Å². The Morgan fingerprint density at radius 3 is 1.78 bits per heavy atom. The van der Waals surface area contributed by atoms with Crippen LogP contribution in [0.4, 0.5) is 4.79 Å². The molecule has 0 aromatic carbocycles. The van der Waals surface area contributed by atoms with Gasteiger partial charge in [-0.3, -0.25) is 4.79 Å². The van der Waals surface area contributed by atoms with Crippen LogP contribution < -0.4 is 10.6 Å². The zero-order valence-electron chi connectivity index (χ0n) is 16.8. The summed E-state index contributed by atoms with van der Waals surface area (Å²) in [5, 5.41) is 5.43. The summed E-state index contributed by atoms with van der Waals surface area (Å²) in [5.74, 6) is 0.306. The number of hydrogen-bond acceptors (Lipinski definition) is 6. The van der Waals surface area contributed by atoms with Gasteiger partial charge in [0.05, 0.1) is 26.4 Å². The predicted octanol–water partition coefficient (Wildman–Crippen LogP) is 2.09. The highest BCUT2D eigenvalue weighted by Crippen LogP contribution is 2.06. The highest BCUT2D eigenvalue weighted by Gasteiger charge is 2.15. The number of hydrogen-bond donors (Lipinski definition) is 2. The van der Waals surface area contributed by atoms with E-state index in [4.69, 9.17) is 30.5 Å². The number of carbonyl (C=O) groups excluding carboxylic acids is 2. The van der Waals surface area contributed by atoms with Crippen molar-refractivity contribution in [1.29, 1.82) is 0 Å². The first-order valence-electron chi connectivity index (χ1n) is 9.38. The Labute approximate surface area is 167 Å². The van der Waals surface area contributed by atoms with Gasteiger partial charge in [0, 0.05) is 38.6 Å². The van der Waals surface area contributed by atoms with Crippen molar-refractivity contribution in [2.75, 3.05) is 58.6 Å². The number of alkyl halides is 1. The van der Waals surface area contributed by atoms with Crippen LogP contribution in [0, 0.1) is 0 Å². The summed E-state index contributed by atoms with van der Waals surface area (Å²) in [6, 6.07) is 0. The third-order valence-electron chi connectivity index (χ3n) is 2.99. The molecule has 0 saturated carbocycles. The fourth-order valence-electron chi connectivity index (χ4n) is 1.80. The van der Waals surface area contributed by atoms with Crippen LogP contribution in [0.25, 0.3) is 0 Å². The lowest BCUT2D eigenvalue weighted by Crippen LogP contribution is -2.33. The van der Waals surface area contributed by atoms with Gasteiger partial charge in [0.25, 0.3) is 0 Å². The fourth-order valence-corrected chi connectivity index (χ4v) is 1.97. The van der Waals surface area contributed by atoms with Crippen LogP contribution in [-0.2, 0) is 23.7 Å². The molecule has 0 saturated heterocycles. The molecule has 0 fully saturated rings. The molecule has 9 heteroatoms. The monoisotopic (exact) mass is 410 g/mol. The van der Waals surface area contributed by atoms with E-state index in [2.05, 4.69) is 10.6 Å². The lowest BCUT2D eigenvalue weighted by Gasteiger charge is -2.19. The largest absolute Gasteiger partial charge is 0.444 e. The SMILES string of the molecule is CC(C)(C)OC(=O)NCCCOCCOCCOCCCNC(=O)CCCl.